The molecule has 2 unspecified atom stereocenters. The first-order chi connectivity index (χ1) is 7.47. The largest absolute Gasteiger partial charge is 0.394 e. The van der Waals surface area contributed by atoms with Gasteiger partial charge in [0, 0.05) is 0 Å². The van der Waals surface area contributed by atoms with Gasteiger partial charge >= 0.3 is 0 Å². The molecule has 16 heavy (non-hydrogen) atoms. The van der Waals surface area contributed by atoms with Crippen LogP contribution in [-0.4, -0.2) is 28.9 Å². The molecular weight excluding hydrogens is 206 g/mol. The number of nitrogens with one attached hydrogen (secondary N) is 1. The Morgan fingerprint density at radius 1 is 1.50 bits per heavy atom. The lowest BCUT2D eigenvalue weighted by molar-refractivity contribution is -0.129. The summed E-state index contributed by atoms with van der Waals surface area (Å²) in [5.74, 6) is 0.101. The van der Waals surface area contributed by atoms with Crippen LogP contribution in [0.5, 0.6) is 0 Å². The fourth-order valence-electron chi connectivity index (χ4n) is 2.52. The van der Waals surface area contributed by atoms with Crippen molar-refractivity contribution in [3.8, 4) is 0 Å². The van der Waals surface area contributed by atoms with E-state index in [1.165, 1.54) is 6.92 Å². The molecule has 1 aliphatic carbocycles. The molecule has 4 heteroatoms. The third-order valence-electron chi connectivity index (χ3n) is 3.21. The van der Waals surface area contributed by atoms with Gasteiger partial charge in [-0.05, 0) is 25.7 Å². The van der Waals surface area contributed by atoms with Gasteiger partial charge < -0.3 is 10.4 Å². The summed E-state index contributed by atoms with van der Waals surface area (Å²) in [6.07, 6.45) is 3.67. The molecule has 1 fully saturated rings. The minimum Gasteiger partial charge on any atom is -0.394 e. The quantitative estimate of drug-likeness (QED) is 0.705. The molecule has 0 aromatic rings. The third-order valence-corrected chi connectivity index (χ3v) is 3.21. The second-order valence-corrected chi connectivity index (χ2v) is 5.07. The number of Topliss-reactive ketones (excluding diaryl/α,β-unsaturated/α-hetero) is 1. The molecule has 4 nitrogen and oxygen atoms in total. The Bertz CT molecular complexity index is 277. The van der Waals surface area contributed by atoms with Gasteiger partial charge in [0.25, 0.3) is 0 Å². The Balaban J connectivity index is 2.58. The summed E-state index contributed by atoms with van der Waals surface area (Å²) >= 11 is 0. The van der Waals surface area contributed by atoms with E-state index < -0.39 is 5.54 Å². The molecule has 1 amide bonds. The van der Waals surface area contributed by atoms with E-state index in [4.69, 9.17) is 0 Å². The Morgan fingerprint density at radius 2 is 2.19 bits per heavy atom. The lowest BCUT2D eigenvalue weighted by Crippen LogP contribution is -2.54. The van der Waals surface area contributed by atoms with Crippen molar-refractivity contribution in [3.63, 3.8) is 0 Å². The summed E-state index contributed by atoms with van der Waals surface area (Å²) in [4.78, 5) is 22.4. The van der Waals surface area contributed by atoms with E-state index in [1.807, 2.05) is 0 Å². The number of amides is 1. The first-order valence-electron chi connectivity index (χ1n) is 5.89. The minimum absolute atomic E-state index is 0.0407. The predicted octanol–water partition coefficient (Wildman–Crippen LogP) is 1.02. The highest BCUT2D eigenvalue weighted by Gasteiger charge is 2.35. The maximum Gasteiger partial charge on any atom is 0.227 e. The van der Waals surface area contributed by atoms with Crippen molar-refractivity contribution < 1.29 is 14.7 Å². The zero-order valence-electron chi connectivity index (χ0n) is 10.1. The Morgan fingerprint density at radius 3 is 2.69 bits per heavy atom. The van der Waals surface area contributed by atoms with Crippen molar-refractivity contribution >= 4 is 11.7 Å². The van der Waals surface area contributed by atoms with Crippen molar-refractivity contribution in [2.24, 2.45) is 5.92 Å². The molecule has 0 aliphatic heterocycles. The number of ketones is 1. The Hall–Kier alpha value is -0.900. The van der Waals surface area contributed by atoms with Crippen LogP contribution < -0.4 is 5.32 Å². The van der Waals surface area contributed by atoms with Gasteiger partial charge in [-0.1, -0.05) is 19.8 Å². The van der Waals surface area contributed by atoms with Crippen molar-refractivity contribution in [3.05, 3.63) is 0 Å². The van der Waals surface area contributed by atoms with Crippen LogP contribution in [0.3, 0.4) is 0 Å². The lowest BCUT2D eigenvalue weighted by atomic mass is 9.76. The van der Waals surface area contributed by atoms with Crippen molar-refractivity contribution in [2.75, 3.05) is 6.61 Å². The van der Waals surface area contributed by atoms with Crippen LogP contribution in [0.1, 0.15) is 46.0 Å². The molecule has 0 aromatic carbocycles. The molecule has 0 radical (unpaired) electrons. The second-order valence-electron chi connectivity index (χ2n) is 5.07. The van der Waals surface area contributed by atoms with E-state index in [-0.39, 0.29) is 24.7 Å². The summed E-state index contributed by atoms with van der Waals surface area (Å²) in [5.41, 5.74) is -0.496. The predicted molar refractivity (Wildman–Crippen MR) is 60.9 cm³/mol. The second kappa shape index (κ2) is 5.43. The summed E-state index contributed by atoms with van der Waals surface area (Å²) < 4.78 is 0. The zero-order chi connectivity index (χ0) is 12.2. The molecule has 0 spiro atoms. The highest BCUT2D eigenvalue weighted by molar-refractivity contribution is 5.97. The van der Waals surface area contributed by atoms with E-state index in [2.05, 4.69) is 12.2 Å². The van der Waals surface area contributed by atoms with Crippen LogP contribution in [0.2, 0.25) is 0 Å². The fourth-order valence-corrected chi connectivity index (χ4v) is 2.52. The van der Waals surface area contributed by atoms with Crippen LogP contribution >= 0.6 is 0 Å². The van der Waals surface area contributed by atoms with Crippen molar-refractivity contribution in [1.29, 1.82) is 0 Å². The van der Waals surface area contributed by atoms with Gasteiger partial charge in [-0.2, -0.15) is 0 Å². The fraction of sp³-hybridized carbons (Fsp3) is 0.833. The van der Waals surface area contributed by atoms with E-state index in [0.29, 0.717) is 5.92 Å². The number of rotatable bonds is 4. The zero-order valence-corrected chi connectivity index (χ0v) is 10.1. The van der Waals surface area contributed by atoms with Crippen LogP contribution in [0.4, 0.5) is 0 Å². The first kappa shape index (κ1) is 13.2. The van der Waals surface area contributed by atoms with Crippen LogP contribution in [0.15, 0.2) is 0 Å². The number of aliphatic hydroxyl groups excluding tert-OH is 1. The van der Waals surface area contributed by atoms with Crippen LogP contribution in [-0.2, 0) is 9.59 Å². The summed E-state index contributed by atoms with van der Waals surface area (Å²) in [7, 11) is 0. The average molecular weight is 227 g/mol. The molecule has 1 saturated carbocycles. The summed E-state index contributed by atoms with van der Waals surface area (Å²) in [5, 5.41) is 12.3. The van der Waals surface area contributed by atoms with E-state index in [1.54, 1.807) is 0 Å². The normalized spacial score (nSPS) is 29.8. The standard InChI is InChI=1S/C12H21NO3/c1-9-4-3-5-12(7-9,8-14)13-11(16)6-10(2)15/h9,14H,3-8H2,1-2H3,(H,13,16). The number of aliphatic hydroxyl groups is 1. The molecular formula is C12H21NO3. The lowest BCUT2D eigenvalue weighted by Gasteiger charge is -2.39. The Kier molecular flexibility index (Phi) is 4.47. The van der Waals surface area contributed by atoms with Gasteiger partial charge in [0.2, 0.25) is 5.91 Å². The van der Waals surface area contributed by atoms with Crippen molar-refractivity contribution in [2.45, 2.75) is 51.5 Å². The SMILES string of the molecule is CC(=O)CC(=O)NC1(CO)CCCC(C)C1. The number of hydrogen-bond donors (Lipinski definition) is 2. The van der Waals surface area contributed by atoms with Gasteiger partial charge in [-0.25, -0.2) is 0 Å². The summed E-state index contributed by atoms with van der Waals surface area (Å²) in [6, 6.07) is 0. The third kappa shape index (κ3) is 3.59. The van der Waals surface area contributed by atoms with Crippen molar-refractivity contribution in [1.82, 2.24) is 5.32 Å². The molecule has 0 bridgehead atoms. The molecule has 0 aromatic heterocycles. The molecule has 2 atom stereocenters. The first-order valence-corrected chi connectivity index (χ1v) is 5.89. The topological polar surface area (TPSA) is 66.4 Å². The molecule has 1 aliphatic rings. The number of carbonyl (C=O) groups excluding carboxylic acids is 2. The maximum absolute atomic E-state index is 11.5. The highest BCUT2D eigenvalue weighted by Crippen LogP contribution is 2.31. The average Bonchev–Trinajstić information content (AvgIpc) is 2.16. The molecule has 92 valence electrons. The van der Waals surface area contributed by atoms with Gasteiger partial charge in [0.05, 0.1) is 18.6 Å². The van der Waals surface area contributed by atoms with E-state index in [9.17, 15) is 14.7 Å². The van der Waals surface area contributed by atoms with Gasteiger partial charge in [0.15, 0.2) is 0 Å². The number of hydrogen-bond acceptors (Lipinski definition) is 3. The minimum atomic E-state index is -0.496. The Labute approximate surface area is 96.4 Å². The molecule has 1 rings (SSSR count). The van der Waals surface area contributed by atoms with E-state index >= 15 is 0 Å². The highest BCUT2D eigenvalue weighted by atomic mass is 16.3. The monoisotopic (exact) mass is 227 g/mol. The maximum atomic E-state index is 11.5. The molecule has 2 N–H and O–H groups in total. The molecule has 0 saturated heterocycles. The van der Waals surface area contributed by atoms with Crippen LogP contribution in [0.25, 0.3) is 0 Å². The van der Waals surface area contributed by atoms with Gasteiger partial charge in [-0.3, -0.25) is 9.59 Å². The smallest absolute Gasteiger partial charge is 0.227 e. The molecule has 0 heterocycles. The summed E-state index contributed by atoms with van der Waals surface area (Å²) in [6.45, 7) is 3.48. The van der Waals surface area contributed by atoms with Gasteiger partial charge in [0.1, 0.15) is 5.78 Å². The number of carbonyl (C=O) groups is 2. The van der Waals surface area contributed by atoms with Gasteiger partial charge in [-0.15, -0.1) is 0 Å². The van der Waals surface area contributed by atoms with E-state index in [0.717, 1.165) is 25.7 Å². The van der Waals surface area contributed by atoms with Crippen LogP contribution in [0, 0.1) is 5.92 Å².